The highest BCUT2D eigenvalue weighted by Gasteiger charge is 2.32. The van der Waals surface area contributed by atoms with E-state index in [9.17, 15) is 4.79 Å². The summed E-state index contributed by atoms with van der Waals surface area (Å²) in [6.45, 7) is 2.60. The van der Waals surface area contributed by atoms with Crippen molar-refractivity contribution in [1.82, 2.24) is 24.9 Å². The second-order valence-electron chi connectivity index (χ2n) is 6.89. The smallest absolute Gasteiger partial charge is 0.266 e. The highest BCUT2D eigenvalue weighted by atomic mass is 16.1. The molecule has 0 N–H and O–H groups in total. The van der Waals surface area contributed by atoms with Gasteiger partial charge in [0.15, 0.2) is 5.82 Å². The largest absolute Gasteiger partial charge is 0.352 e. The Hall–Kier alpha value is -2.28. The van der Waals surface area contributed by atoms with E-state index in [1.807, 2.05) is 0 Å². The van der Waals surface area contributed by atoms with E-state index in [4.69, 9.17) is 0 Å². The van der Waals surface area contributed by atoms with Gasteiger partial charge in [0.2, 0.25) is 0 Å². The molecule has 3 heterocycles. The van der Waals surface area contributed by atoms with Crippen LogP contribution in [-0.2, 0) is 13.6 Å². The highest BCUT2D eigenvalue weighted by Crippen LogP contribution is 2.38. The maximum absolute atomic E-state index is 11.7. The van der Waals surface area contributed by atoms with Crippen LogP contribution in [0.15, 0.2) is 29.2 Å². The van der Waals surface area contributed by atoms with E-state index < -0.39 is 0 Å². The van der Waals surface area contributed by atoms with Crippen LogP contribution in [0.1, 0.15) is 30.0 Å². The molecular weight excluding hydrogens is 304 g/mol. The van der Waals surface area contributed by atoms with Crippen LogP contribution in [0.25, 0.3) is 0 Å². The molecule has 1 aliphatic carbocycles. The van der Waals surface area contributed by atoms with Crippen LogP contribution in [0.3, 0.4) is 0 Å². The van der Waals surface area contributed by atoms with Crippen LogP contribution in [0, 0.1) is 0 Å². The molecule has 24 heavy (non-hydrogen) atoms. The lowest BCUT2D eigenvalue weighted by Gasteiger charge is -2.44. The Morgan fingerprint density at radius 3 is 2.67 bits per heavy atom. The predicted molar refractivity (Wildman–Crippen MR) is 91.0 cm³/mol. The number of aryl methyl sites for hydroxylation is 1. The predicted octanol–water partition coefficient (Wildman–Crippen LogP) is 0.768. The zero-order valence-electron chi connectivity index (χ0n) is 14.1. The first-order valence-electron chi connectivity index (χ1n) is 8.41. The maximum atomic E-state index is 11.7. The van der Waals surface area contributed by atoms with Crippen molar-refractivity contribution in [1.29, 1.82) is 0 Å². The molecule has 2 aliphatic rings. The first kappa shape index (κ1) is 15.3. The third-order valence-corrected chi connectivity index (χ3v) is 4.93. The molecule has 1 saturated heterocycles. The summed E-state index contributed by atoms with van der Waals surface area (Å²) in [5, 5.41) is 12.8. The van der Waals surface area contributed by atoms with Crippen molar-refractivity contribution in [3.05, 3.63) is 46.0 Å². The standard InChI is InChI=1S/C17H22N6O/c1-21(9-12-7-17(24)22(2)18-8-12)14-10-23(11-14)16-6-5-15(19-20-16)13-3-4-13/h5-8,13-14H,3-4,9-11H2,1-2H3. The molecule has 7 heteroatoms. The molecule has 0 bridgehead atoms. The molecule has 126 valence electrons. The van der Waals surface area contributed by atoms with Crippen LogP contribution in [0.5, 0.6) is 0 Å². The Balaban J connectivity index is 1.32. The van der Waals surface area contributed by atoms with Gasteiger partial charge in [-0.2, -0.15) is 10.2 Å². The first-order chi connectivity index (χ1) is 11.6. The topological polar surface area (TPSA) is 67.2 Å². The Kier molecular flexibility index (Phi) is 3.80. The van der Waals surface area contributed by atoms with Gasteiger partial charge < -0.3 is 4.90 Å². The van der Waals surface area contributed by atoms with Crippen molar-refractivity contribution in [2.24, 2.45) is 7.05 Å². The summed E-state index contributed by atoms with van der Waals surface area (Å²) in [6, 6.07) is 6.31. The average molecular weight is 326 g/mol. The molecule has 0 radical (unpaired) electrons. The zero-order valence-corrected chi connectivity index (χ0v) is 14.1. The van der Waals surface area contributed by atoms with Gasteiger partial charge in [0.1, 0.15) is 0 Å². The molecule has 2 fully saturated rings. The van der Waals surface area contributed by atoms with Crippen LogP contribution >= 0.6 is 0 Å². The van der Waals surface area contributed by atoms with Crippen LogP contribution in [0.4, 0.5) is 5.82 Å². The first-order valence-corrected chi connectivity index (χ1v) is 8.41. The van der Waals surface area contributed by atoms with Gasteiger partial charge in [-0.15, -0.1) is 5.10 Å². The molecule has 0 amide bonds. The van der Waals surface area contributed by atoms with Crippen molar-refractivity contribution < 1.29 is 0 Å². The summed E-state index contributed by atoms with van der Waals surface area (Å²) in [4.78, 5) is 16.2. The van der Waals surface area contributed by atoms with E-state index in [0.717, 1.165) is 36.7 Å². The highest BCUT2D eigenvalue weighted by molar-refractivity contribution is 5.42. The molecule has 4 rings (SSSR count). The van der Waals surface area contributed by atoms with Gasteiger partial charge in [0.05, 0.1) is 11.9 Å². The SMILES string of the molecule is CN(Cc1cnn(C)c(=O)c1)C1CN(c2ccc(C3CC3)nn2)C1. The number of aromatic nitrogens is 4. The molecule has 0 aromatic carbocycles. The van der Waals surface area contributed by atoms with E-state index in [2.05, 4.69) is 44.3 Å². The molecule has 2 aromatic heterocycles. The molecule has 1 saturated carbocycles. The zero-order chi connectivity index (χ0) is 16.7. The van der Waals surface area contributed by atoms with E-state index in [-0.39, 0.29) is 5.56 Å². The summed E-state index contributed by atoms with van der Waals surface area (Å²) < 4.78 is 1.35. The summed E-state index contributed by atoms with van der Waals surface area (Å²) in [7, 11) is 3.75. The lowest BCUT2D eigenvalue weighted by atomic mass is 10.1. The minimum absolute atomic E-state index is 0.0674. The summed E-state index contributed by atoms with van der Waals surface area (Å²) in [5.74, 6) is 1.60. The second kappa shape index (κ2) is 5.98. The third kappa shape index (κ3) is 3.03. The van der Waals surface area contributed by atoms with Crippen LogP contribution < -0.4 is 10.5 Å². The summed E-state index contributed by atoms with van der Waals surface area (Å²) in [5.41, 5.74) is 2.01. The Bertz CT molecular complexity index is 776. The number of hydrogen-bond donors (Lipinski definition) is 0. The molecule has 0 unspecified atom stereocenters. The van der Waals surface area contributed by atoms with Gasteiger partial charge >= 0.3 is 0 Å². The van der Waals surface area contributed by atoms with E-state index in [0.29, 0.717) is 12.0 Å². The van der Waals surface area contributed by atoms with E-state index in [1.165, 1.54) is 17.5 Å². The maximum Gasteiger partial charge on any atom is 0.266 e. The van der Waals surface area contributed by atoms with Crippen LogP contribution in [0.2, 0.25) is 0 Å². The Morgan fingerprint density at radius 2 is 2.04 bits per heavy atom. The average Bonchev–Trinajstić information content (AvgIpc) is 3.35. The van der Waals surface area contributed by atoms with Gasteiger partial charge in [-0.25, -0.2) is 4.68 Å². The molecule has 1 aliphatic heterocycles. The number of anilines is 1. The summed E-state index contributed by atoms with van der Waals surface area (Å²) in [6.07, 6.45) is 4.26. The second-order valence-corrected chi connectivity index (χ2v) is 6.89. The monoisotopic (exact) mass is 326 g/mol. The fraction of sp³-hybridized carbons (Fsp3) is 0.529. The van der Waals surface area contributed by atoms with Crippen molar-refractivity contribution in [2.75, 3.05) is 25.0 Å². The number of nitrogens with zero attached hydrogens (tertiary/aromatic N) is 6. The molecular formula is C17H22N6O. The van der Waals surface area contributed by atoms with Gasteiger partial charge in [-0.3, -0.25) is 9.69 Å². The lowest BCUT2D eigenvalue weighted by Crippen LogP contribution is -2.58. The van der Waals surface area contributed by atoms with Gasteiger partial charge in [-0.1, -0.05) is 0 Å². The number of hydrogen-bond acceptors (Lipinski definition) is 6. The Morgan fingerprint density at radius 1 is 1.25 bits per heavy atom. The molecule has 0 spiro atoms. The van der Waals surface area contributed by atoms with Crippen molar-refractivity contribution in [3.63, 3.8) is 0 Å². The molecule has 2 aromatic rings. The minimum Gasteiger partial charge on any atom is -0.352 e. The Labute approximate surface area is 140 Å². The third-order valence-electron chi connectivity index (χ3n) is 4.93. The van der Waals surface area contributed by atoms with Gasteiger partial charge in [0, 0.05) is 44.7 Å². The van der Waals surface area contributed by atoms with E-state index >= 15 is 0 Å². The lowest BCUT2D eigenvalue weighted by molar-refractivity contribution is 0.196. The van der Waals surface area contributed by atoms with Gasteiger partial charge in [-0.05, 0) is 37.6 Å². The van der Waals surface area contributed by atoms with Gasteiger partial charge in [0.25, 0.3) is 5.56 Å². The fourth-order valence-corrected chi connectivity index (χ4v) is 3.03. The number of likely N-dealkylation sites (N-methyl/N-ethyl adjacent to an activating group) is 1. The fourth-order valence-electron chi connectivity index (χ4n) is 3.03. The van der Waals surface area contributed by atoms with Crippen molar-refractivity contribution >= 4 is 5.82 Å². The van der Waals surface area contributed by atoms with Crippen molar-refractivity contribution in [2.45, 2.75) is 31.3 Å². The minimum atomic E-state index is -0.0674. The quantitative estimate of drug-likeness (QED) is 0.808. The molecule has 7 nitrogen and oxygen atoms in total. The van der Waals surface area contributed by atoms with E-state index in [1.54, 1.807) is 19.3 Å². The van der Waals surface area contributed by atoms with Crippen LogP contribution in [-0.4, -0.2) is 51.1 Å². The van der Waals surface area contributed by atoms with Crippen molar-refractivity contribution in [3.8, 4) is 0 Å². The number of rotatable bonds is 5. The summed E-state index contributed by atoms with van der Waals surface area (Å²) >= 11 is 0. The molecule has 0 atom stereocenters. The normalized spacial score (nSPS) is 18.0.